The maximum Gasteiger partial charge on any atom is 0.354 e. The number of hydrogen-bond acceptors (Lipinski definition) is 14. The molecule has 4 atom stereocenters. The fourth-order valence-corrected chi connectivity index (χ4v) is 8.86. The van der Waals surface area contributed by atoms with Gasteiger partial charge in [0.05, 0.1) is 74.5 Å². The molecule has 0 bridgehead atoms. The van der Waals surface area contributed by atoms with Gasteiger partial charge >= 0.3 is 12.1 Å². The zero-order valence-corrected chi connectivity index (χ0v) is 40.0. The Kier molecular flexibility index (Phi) is 16.0. The van der Waals surface area contributed by atoms with Crippen molar-refractivity contribution in [1.29, 1.82) is 0 Å². The lowest BCUT2D eigenvalue weighted by atomic mass is 9.97. The number of methoxy groups -OCH3 is 2. The Morgan fingerprint density at radius 3 is 1.34 bits per heavy atom. The van der Waals surface area contributed by atoms with E-state index in [1.165, 1.54) is 12.4 Å². The van der Waals surface area contributed by atoms with E-state index in [-0.39, 0.29) is 57.3 Å². The zero-order valence-electron chi connectivity index (χ0n) is 38.4. The molecule has 4 amide bonds. The van der Waals surface area contributed by atoms with Crippen molar-refractivity contribution in [3.05, 3.63) is 47.0 Å². The Bertz CT molecular complexity index is 2360. The highest BCUT2D eigenvalue weighted by molar-refractivity contribution is 7.92. The molecule has 4 aromatic heterocycles. The van der Waals surface area contributed by atoms with Crippen molar-refractivity contribution >= 4 is 43.3 Å². The maximum absolute atomic E-state index is 13.2. The molecule has 2 unspecified atom stereocenters. The minimum absolute atomic E-state index is 0.00338. The van der Waals surface area contributed by atoms with E-state index in [4.69, 9.17) is 29.2 Å². The number of urea groups is 2. The van der Waals surface area contributed by atoms with Crippen LogP contribution in [0.3, 0.4) is 0 Å². The van der Waals surface area contributed by atoms with Crippen molar-refractivity contribution in [3.8, 4) is 23.5 Å². The third-order valence-electron chi connectivity index (χ3n) is 10.4. The Balaban J connectivity index is 0.000000241. The van der Waals surface area contributed by atoms with Crippen LogP contribution in [0, 0.1) is 0 Å². The van der Waals surface area contributed by atoms with Crippen molar-refractivity contribution in [3.63, 3.8) is 0 Å². The van der Waals surface area contributed by atoms with Gasteiger partial charge in [-0.25, -0.2) is 47.6 Å². The topological polar surface area (TPSA) is 291 Å². The van der Waals surface area contributed by atoms with Crippen LogP contribution >= 0.6 is 0 Å². The first-order valence-corrected chi connectivity index (χ1v) is 23.9. The predicted molar refractivity (Wildman–Crippen MR) is 243 cm³/mol. The van der Waals surface area contributed by atoms with Gasteiger partial charge in [-0.3, -0.25) is 0 Å². The third kappa shape index (κ3) is 11.3. The van der Waals surface area contributed by atoms with Crippen molar-refractivity contribution in [1.82, 2.24) is 40.2 Å². The van der Waals surface area contributed by atoms with Crippen molar-refractivity contribution in [2.24, 2.45) is 19.0 Å². The number of nitrogens with one attached hydrogen (secondary N) is 4. The molecule has 0 radical (unpaired) electrons. The summed E-state index contributed by atoms with van der Waals surface area (Å²) in [4.78, 5) is 34.8. The maximum atomic E-state index is 13.2. The highest BCUT2D eigenvalue weighted by Crippen LogP contribution is 2.36. The van der Waals surface area contributed by atoms with Gasteiger partial charge in [0, 0.05) is 12.1 Å². The van der Waals surface area contributed by atoms with Crippen LogP contribution in [0.15, 0.2) is 43.0 Å². The molecule has 4 aromatic rings. The molecule has 22 nitrogen and oxygen atoms in total. The van der Waals surface area contributed by atoms with Crippen LogP contribution < -0.4 is 50.5 Å². The van der Waals surface area contributed by atoms with Crippen LogP contribution in [0.2, 0.25) is 0 Å². The summed E-state index contributed by atoms with van der Waals surface area (Å²) in [7, 11) is -0.459. The lowest BCUT2D eigenvalue weighted by Gasteiger charge is -2.24. The van der Waals surface area contributed by atoms with Gasteiger partial charge in [-0.1, -0.05) is 55.4 Å². The lowest BCUT2D eigenvalue weighted by molar-refractivity contribution is 0.184. The summed E-state index contributed by atoms with van der Waals surface area (Å²) in [5.74, 6) is 1.57. The normalized spacial score (nSPS) is 17.5. The second-order valence-corrected chi connectivity index (χ2v) is 19.9. The number of likely N-dealkylation sites (N-methyl/N-ethyl adjacent to an activating group) is 2. The molecule has 8 N–H and O–H groups in total. The van der Waals surface area contributed by atoms with Gasteiger partial charge in [-0.15, -0.1) is 8.73 Å². The number of carbonyl (C=O) groups excluding carboxylic acids is 2. The number of pyridine rings is 2. The number of carbonyl (C=O) groups is 2. The molecule has 352 valence electrons. The molecule has 6 heterocycles. The molecule has 0 spiro atoms. The first kappa shape index (κ1) is 49.6. The summed E-state index contributed by atoms with van der Waals surface area (Å²) in [5.41, 5.74) is 3.98. The van der Waals surface area contributed by atoms with Crippen molar-refractivity contribution < 1.29 is 37.0 Å². The molecule has 0 aromatic carbocycles. The summed E-state index contributed by atoms with van der Waals surface area (Å²) in [6.07, 6.45) is 2.67. The second kappa shape index (κ2) is 20.6. The highest BCUT2D eigenvalue weighted by atomic mass is 32.2. The molecule has 0 saturated carbocycles. The predicted octanol–water partition coefficient (Wildman–Crippen LogP) is 4.89. The van der Waals surface area contributed by atoms with E-state index in [1.807, 2.05) is 69.5 Å². The molecule has 2 aliphatic rings. The largest absolute Gasteiger partial charge is 0.481 e. The average Bonchev–Trinajstić information content (AvgIpc) is 3.88. The van der Waals surface area contributed by atoms with E-state index < -0.39 is 31.9 Å². The van der Waals surface area contributed by atoms with Gasteiger partial charge < -0.3 is 40.2 Å². The molecule has 64 heavy (non-hydrogen) atoms. The summed E-state index contributed by atoms with van der Waals surface area (Å²) < 4.78 is 59.0. The Morgan fingerprint density at radius 2 is 1.05 bits per heavy atom. The van der Waals surface area contributed by atoms with E-state index in [2.05, 4.69) is 50.2 Å². The summed E-state index contributed by atoms with van der Waals surface area (Å²) in [6.45, 7) is 17.6. The molecule has 0 saturated heterocycles. The summed E-state index contributed by atoms with van der Waals surface area (Å²) in [5, 5.41) is 32.0. The van der Waals surface area contributed by atoms with Gasteiger partial charge in [-0.05, 0) is 48.9 Å². The van der Waals surface area contributed by atoms with Crippen LogP contribution in [0.1, 0.15) is 102 Å². The van der Waals surface area contributed by atoms with Crippen LogP contribution in [0.25, 0.3) is 0 Å². The molecule has 0 fully saturated rings. The number of nitrogens with two attached hydrogens (primary N) is 2. The Hall–Kier alpha value is -5.40. The molecular formula is C40H62N14O8S2. The van der Waals surface area contributed by atoms with Crippen LogP contribution in [0.4, 0.5) is 21.0 Å². The van der Waals surface area contributed by atoms with Gasteiger partial charge in [0.2, 0.25) is 23.5 Å². The van der Waals surface area contributed by atoms with E-state index in [1.54, 1.807) is 35.7 Å². The van der Waals surface area contributed by atoms with Gasteiger partial charge in [0.25, 0.3) is 0 Å². The Labute approximate surface area is 374 Å². The van der Waals surface area contributed by atoms with E-state index in [0.29, 0.717) is 60.8 Å². The molecular weight excluding hydrogens is 869 g/mol. The third-order valence-corrected chi connectivity index (χ3v) is 13.1. The number of rotatable bonds is 12. The first-order valence-electron chi connectivity index (χ1n) is 20.8. The smallest absolute Gasteiger partial charge is 0.354 e. The molecule has 2 aliphatic heterocycles. The van der Waals surface area contributed by atoms with Crippen LogP contribution in [-0.2, 0) is 32.9 Å². The number of fused-ring (bicyclic) bond motifs is 2. The van der Waals surface area contributed by atoms with Crippen molar-refractivity contribution in [2.45, 2.75) is 114 Å². The van der Waals surface area contributed by atoms with Gasteiger partial charge in [0.1, 0.15) is 23.0 Å². The fraction of sp³-hybridized carbons (Fsp3) is 0.550. The standard InChI is InChI=1S/2C20H31N7O4S/c2*1-11(2)14-7-16(30-6)24-17(12(3)4)18(14)25-20(28)26-32(21,29)15-8-23-27-9-13(22-5)10-31-19(15)27/h2*7-8,11-13,22H,9-10H2,1-6H3,(H3,21,25,26,28,29)/t2*13-,32?/m00/s1. The zero-order chi connectivity index (χ0) is 47.3. The number of anilines is 2. The number of ether oxygens (including phenoxy) is 4. The summed E-state index contributed by atoms with van der Waals surface area (Å²) in [6, 6.07) is 2.00. The fourth-order valence-electron chi connectivity index (χ4n) is 6.85. The van der Waals surface area contributed by atoms with Crippen LogP contribution in [-0.4, -0.2) is 104 Å². The van der Waals surface area contributed by atoms with Gasteiger partial charge in [0.15, 0.2) is 19.8 Å². The van der Waals surface area contributed by atoms with E-state index >= 15 is 0 Å². The quantitative estimate of drug-likeness (QED) is 0.110. The number of nitrogens with zero attached hydrogens (tertiary/aromatic N) is 8. The monoisotopic (exact) mass is 930 g/mol. The minimum atomic E-state index is -3.59. The minimum Gasteiger partial charge on any atom is -0.481 e. The number of hydrogen-bond donors (Lipinski definition) is 6. The SMILES string of the molecule is CN[C@@H]1COc2c(S(N)(=O)=NC(=O)Nc3c(C(C)C)cc(OC)nc3C(C)C)cnn2C1.CN[C@@H]1COc2c(S(N)(=O)=NC(=O)Nc3c(C(C)C)cc(OC)nc3C(C)C)cnn2C1. The lowest BCUT2D eigenvalue weighted by Crippen LogP contribution is -2.40. The number of amides is 4. The van der Waals surface area contributed by atoms with Gasteiger partial charge in [-0.2, -0.15) is 10.2 Å². The first-order chi connectivity index (χ1) is 30.1. The number of aromatic nitrogens is 6. The van der Waals surface area contributed by atoms with Crippen LogP contribution in [0.5, 0.6) is 23.5 Å². The molecule has 24 heteroatoms. The average molecular weight is 931 g/mol. The molecule has 6 rings (SSSR count). The van der Waals surface area contributed by atoms with Crippen molar-refractivity contribution in [2.75, 3.05) is 52.2 Å². The Morgan fingerprint density at radius 1 is 0.688 bits per heavy atom. The second-order valence-electron chi connectivity index (χ2n) is 16.4. The summed E-state index contributed by atoms with van der Waals surface area (Å²) >= 11 is 0. The van der Waals surface area contributed by atoms with E-state index in [0.717, 1.165) is 11.1 Å². The highest BCUT2D eigenvalue weighted by Gasteiger charge is 2.30. The molecule has 0 aliphatic carbocycles. The van der Waals surface area contributed by atoms with E-state index in [9.17, 15) is 18.0 Å².